The molecular weight excluding hydrogens is 611 g/mol. The van der Waals surface area contributed by atoms with Crippen molar-refractivity contribution in [3.05, 3.63) is 123 Å². The topological polar surface area (TPSA) is 136 Å². The number of H-pyrrole nitrogens is 1. The highest BCUT2D eigenvalue weighted by Crippen LogP contribution is 2.24. The third kappa shape index (κ3) is 9.19. The molecule has 11 heteroatoms. The molecule has 5 aromatic rings. The number of hydrogen-bond donors (Lipinski definition) is 4. The molecule has 47 heavy (non-hydrogen) atoms. The highest BCUT2D eigenvalue weighted by atomic mass is 32.1. The molecule has 0 radical (unpaired) electrons. The first kappa shape index (κ1) is 33.6. The molecule has 0 aliphatic heterocycles. The van der Waals surface area contributed by atoms with Crippen LogP contribution in [0.15, 0.2) is 84.8 Å². The fraction of sp³-hybridized carbons (Fsp3) is 0.306. The number of hydrogen-bond acceptors (Lipinski definition) is 8. The molecule has 0 fully saturated rings. The summed E-state index contributed by atoms with van der Waals surface area (Å²) in [6, 6.07) is 16.3. The maximum atomic E-state index is 13.9. The molecule has 2 aromatic carbocycles. The number of aromatic amines is 1. The van der Waals surface area contributed by atoms with Gasteiger partial charge in [0.05, 0.1) is 24.9 Å². The smallest absolute Gasteiger partial charge is 0.254 e. The van der Waals surface area contributed by atoms with Crippen molar-refractivity contribution in [2.45, 2.75) is 58.3 Å². The second-order valence-corrected chi connectivity index (χ2v) is 13.0. The zero-order valence-corrected chi connectivity index (χ0v) is 27.9. The van der Waals surface area contributed by atoms with Crippen LogP contribution < -0.4 is 10.6 Å². The fourth-order valence-corrected chi connectivity index (χ4v) is 6.08. The largest absolute Gasteiger partial charge is 0.390 e. The molecule has 0 aliphatic carbocycles. The third-order valence-electron chi connectivity index (χ3n) is 7.90. The van der Waals surface area contributed by atoms with Gasteiger partial charge in [0.25, 0.3) is 11.8 Å². The Hall–Kier alpha value is -4.71. The number of aliphatic hydroxyl groups excluding tert-OH is 1. The highest BCUT2D eigenvalue weighted by Gasteiger charge is 2.24. The van der Waals surface area contributed by atoms with Crippen molar-refractivity contribution in [2.24, 2.45) is 0 Å². The van der Waals surface area contributed by atoms with Crippen LogP contribution >= 0.6 is 11.3 Å². The maximum absolute atomic E-state index is 13.9. The van der Waals surface area contributed by atoms with Crippen LogP contribution in [-0.2, 0) is 19.5 Å². The number of nitrogens with one attached hydrogen (secondary N) is 3. The van der Waals surface area contributed by atoms with Gasteiger partial charge in [-0.3, -0.25) is 19.7 Å². The van der Waals surface area contributed by atoms with Gasteiger partial charge in [0.15, 0.2) is 0 Å². The van der Waals surface area contributed by atoms with Crippen molar-refractivity contribution in [1.82, 2.24) is 35.7 Å². The van der Waals surface area contributed by atoms with E-state index in [0.717, 1.165) is 33.0 Å². The van der Waals surface area contributed by atoms with E-state index >= 15 is 0 Å². The lowest BCUT2D eigenvalue weighted by molar-refractivity contribution is 0.0784. The number of aromatic nitrogens is 4. The Balaban J connectivity index is 1.35. The van der Waals surface area contributed by atoms with Crippen LogP contribution in [-0.4, -0.2) is 67.7 Å². The zero-order valence-electron chi connectivity index (χ0n) is 27.1. The van der Waals surface area contributed by atoms with Gasteiger partial charge < -0.3 is 20.6 Å². The molecule has 0 aliphatic rings. The summed E-state index contributed by atoms with van der Waals surface area (Å²) in [6.07, 6.45) is 6.57. The third-order valence-corrected chi connectivity index (χ3v) is 8.86. The average Bonchev–Trinajstić information content (AvgIpc) is 3.76. The lowest BCUT2D eigenvalue weighted by Crippen LogP contribution is -2.48. The predicted molar refractivity (Wildman–Crippen MR) is 184 cm³/mol. The molecule has 244 valence electrons. The van der Waals surface area contributed by atoms with E-state index in [9.17, 15) is 14.7 Å². The molecule has 0 spiro atoms. The second-order valence-electron chi connectivity index (χ2n) is 12.1. The van der Waals surface area contributed by atoms with Gasteiger partial charge in [0.2, 0.25) is 0 Å². The number of thiazole rings is 1. The van der Waals surface area contributed by atoms with Gasteiger partial charge in [-0.15, -0.1) is 11.3 Å². The Morgan fingerprint density at radius 1 is 1.00 bits per heavy atom. The first-order valence-electron chi connectivity index (χ1n) is 15.6. The zero-order chi connectivity index (χ0) is 33.3. The summed E-state index contributed by atoms with van der Waals surface area (Å²) < 4.78 is 0. The second kappa shape index (κ2) is 15.7. The minimum atomic E-state index is -0.897. The normalized spacial score (nSPS) is 12.6. The number of aliphatic hydroxyl groups is 1. The van der Waals surface area contributed by atoms with Crippen molar-refractivity contribution in [3.8, 4) is 11.1 Å². The van der Waals surface area contributed by atoms with Gasteiger partial charge in [0.1, 0.15) is 5.01 Å². The number of rotatable bonds is 14. The van der Waals surface area contributed by atoms with Gasteiger partial charge in [-0.05, 0) is 59.7 Å². The van der Waals surface area contributed by atoms with Crippen molar-refractivity contribution >= 4 is 23.2 Å². The molecule has 10 nitrogen and oxygen atoms in total. The van der Waals surface area contributed by atoms with Gasteiger partial charge in [0, 0.05) is 66.5 Å². The number of aryl methyl sites for hydroxylation is 1. The number of nitrogens with zero attached hydrogens (tertiary/aromatic N) is 4. The molecule has 0 bridgehead atoms. The Morgan fingerprint density at radius 3 is 2.49 bits per heavy atom. The lowest BCUT2D eigenvalue weighted by atomic mass is 9.98. The summed E-state index contributed by atoms with van der Waals surface area (Å²) in [4.78, 5) is 37.9. The molecule has 4 N–H and O–H groups in total. The summed E-state index contributed by atoms with van der Waals surface area (Å²) in [5.41, 5.74) is 6.15. The first-order chi connectivity index (χ1) is 22.7. The molecule has 3 aromatic heterocycles. The molecule has 0 saturated heterocycles. The molecule has 3 heterocycles. The molecule has 0 unspecified atom stereocenters. The quantitative estimate of drug-likeness (QED) is 0.131. The van der Waals surface area contributed by atoms with E-state index in [1.807, 2.05) is 55.0 Å². The van der Waals surface area contributed by atoms with Crippen LogP contribution in [0, 0.1) is 6.92 Å². The van der Waals surface area contributed by atoms with Crippen LogP contribution in [0.5, 0.6) is 0 Å². The van der Waals surface area contributed by atoms with Crippen LogP contribution in [0.1, 0.15) is 67.9 Å². The summed E-state index contributed by atoms with van der Waals surface area (Å²) in [7, 11) is 1.72. The summed E-state index contributed by atoms with van der Waals surface area (Å²) in [6.45, 7) is 7.31. The average molecular weight is 652 g/mol. The first-order valence-corrected chi connectivity index (χ1v) is 16.5. The molecule has 2 amide bonds. The van der Waals surface area contributed by atoms with E-state index in [0.29, 0.717) is 42.1 Å². The van der Waals surface area contributed by atoms with Gasteiger partial charge in [-0.2, -0.15) is 5.10 Å². The highest BCUT2D eigenvalue weighted by molar-refractivity contribution is 7.09. The monoisotopic (exact) mass is 651 g/mol. The Bertz CT molecular complexity index is 1770. The lowest BCUT2D eigenvalue weighted by Gasteiger charge is -2.25. The SMILES string of the molecule is Cc1csc(CN(C)C(=O)c2cc(C(=O)N[C@@H](Cc3ccccc3)[C@H](O)CNCc3cncc(C(C)C)c3)cc(-c3cn[nH]c3)c2)n1. The molecule has 5 rings (SSSR count). The fourth-order valence-electron chi connectivity index (χ4n) is 5.26. The number of carbonyl (C=O) groups excluding carboxylic acids is 2. The summed E-state index contributed by atoms with van der Waals surface area (Å²) in [5, 5.41) is 27.4. The summed E-state index contributed by atoms with van der Waals surface area (Å²) >= 11 is 1.50. The Kier molecular flexibility index (Phi) is 11.3. The van der Waals surface area contributed by atoms with E-state index in [-0.39, 0.29) is 12.5 Å². The van der Waals surface area contributed by atoms with Gasteiger partial charge in [-0.1, -0.05) is 50.2 Å². The number of carbonyl (C=O) groups is 2. The van der Waals surface area contributed by atoms with Crippen molar-refractivity contribution in [2.75, 3.05) is 13.6 Å². The van der Waals surface area contributed by atoms with Crippen molar-refractivity contribution in [3.63, 3.8) is 0 Å². The van der Waals surface area contributed by atoms with E-state index in [1.165, 1.54) is 11.3 Å². The molecular formula is C36H41N7O3S. The molecule has 0 saturated carbocycles. The van der Waals surface area contributed by atoms with Crippen LogP contribution in [0.4, 0.5) is 0 Å². The predicted octanol–water partition coefficient (Wildman–Crippen LogP) is 5.12. The standard InChI is InChI=1S/C36H41N7O3S/c1-23(2)30-10-26(15-37-17-30)16-38-20-33(44)32(11-25-8-6-5-7-9-25)42-35(45)28-12-27(31-18-39-40-19-31)13-29(14-28)36(46)43(4)21-34-41-24(3)22-47-34/h5-10,12-15,17-19,22-23,32-33,38,44H,11,16,20-21H2,1-4H3,(H,39,40)(H,42,45)/t32-,33+/m0/s1. The Labute approximate surface area is 279 Å². The minimum absolute atomic E-state index is 0.238. The number of pyridine rings is 1. The van der Waals surface area contributed by atoms with E-state index in [4.69, 9.17) is 0 Å². The molecule has 2 atom stereocenters. The number of benzene rings is 2. The van der Waals surface area contributed by atoms with Crippen LogP contribution in [0.2, 0.25) is 0 Å². The van der Waals surface area contributed by atoms with E-state index in [1.54, 1.807) is 42.5 Å². The minimum Gasteiger partial charge on any atom is -0.390 e. The Morgan fingerprint density at radius 2 is 1.79 bits per heavy atom. The summed E-state index contributed by atoms with van der Waals surface area (Å²) in [5.74, 6) is -0.265. The van der Waals surface area contributed by atoms with E-state index in [2.05, 4.69) is 50.7 Å². The van der Waals surface area contributed by atoms with Gasteiger partial charge in [-0.25, -0.2) is 4.98 Å². The van der Waals surface area contributed by atoms with E-state index < -0.39 is 18.1 Å². The van der Waals surface area contributed by atoms with Gasteiger partial charge >= 0.3 is 0 Å². The van der Waals surface area contributed by atoms with Crippen LogP contribution in [0.3, 0.4) is 0 Å². The van der Waals surface area contributed by atoms with Crippen LogP contribution in [0.25, 0.3) is 11.1 Å². The maximum Gasteiger partial charge on any atom is 0.254 e. The van der Waals surface area contributed by atoms with Crippen molar-refractivity contribution in [1.29, 1.82) is 0 Å². The number of amides is 2. The van der Waals surface area contributed by atoms with Crippen molar-refractivity contribution < 1.29 is 14.7 Å².